The van der Waals surface area contributed by atoms with Crippen LogP contribution in [0.1, 0.15) is 40.5 Å². The highest BCUT2D eigenvalue weighted by Gasteiger charge is 2.28. The number of hydrogen-bond acceptors (Lipinski definition) is 5. The van der Waals surface area contributed by atoms with E-state index in [0.717, 1.165) is 49.6 Å². The first-order chi connectivity index (χ1) is 11.9. The number of aromatic nitrogens is 3. The summed E-state index contributed by atoms with van der Waals surface area (Å²) in [5.41, 5.74) is 5.88. The van der Waals surface area contributed by atoms with Gasteiger partial charge in [-0.15, -0.1) is 0 Å². The molecule has 5 rings (SSSR count). The maximum absolute atomic E-state index is 5.53. The molecule has 3 heterocycles. The molecule has 120 valence electrons. The van der Waals surface area contributed by atoms with Crippen molar-refractivity contribution in [3.05, 3.63) is 64.6 Å². The SMILES string of the molecule is c1ccc2c(c1)CCC2c1noc(-c2ccc3c(n2)CNCC3)n1. The summed E-state index contributed by atoms with van der Waals surface area (Å²) in [6.07, 6.45) is 3.14. The number of fused-ring (bicyclic) bond motifs is 2. The topological polar surface area (TPSA) is 63.8 Å². The molecule has 24 heavy (non-hydrogen) atoms. The van der Waals surface area contributed by atoms with Crippen molar-refractivity contribution >= 4 is 0 Å². The predicted octanol–water partition coefficient (Wildman–Crippen LogP) is 2.86. The highest BCUT2D eigenvalue weighted by molar-refractivity contribution is 5.49. The lowest BCUT2D eigenvalue weighted by Crippen LogP contribution is -2.24. The number of nitrogens with one attached hydrogen (secondary N) is 1. The molecule has 1 aliphatic heterocycles. The molecular formula is C19H18N4O. The zero-order valence-electron chi connectivity index (χ0n) is 13.3. The van der Waals surface area contributed by atoms with Crippen molar-refractivity contribution in [3.8, 4) is 11.6 Å². The lowest BCUT2D eigenvalue weighted by molar-refractivity contribution is 0.417. The fourth-order valence-electron chi connectivity index (χ4n) is 3.77. The lowest BCUT2D eigenvalue weighted by atomic mass is 10.0. The summed E-state index contributed by atoms with van der Waals surface area (Å²) in [5, 5.41) is 7.60. The Hall–Kier alpha value is -2.53. The van der Waals surface area contributed by atoms with Crippen LogP contribution in [0.5, 0.6) is 0 Å². The first-order valence-electron chi connectivity index (χ1n) is 8.50. The molecule has 3 aromatic rings. The van der Waals surface area contributed by atoms with Crippen LogP contribution in [0.4, 0.5) is 0 Å². The molecule has 1 N–H and O–H groups in total. The Labute approximate surface area is 140 Å². The highest BCUT2D eigenvalue weighted by atomic mass is 16.5. The zero-order chi connectivity index (χ0) is 15.9. The molecule has 0 amide bonds. The van der Waals surface area contributed by atoms with Gasteiger partial charge in [0.05, 0.1) is 5.69 Å². The van der Waals surface area contributed by atoms with Gasteiger partial charge in [0.2, 0.25) is 0 Å². The Bertz CT molecular complexity index is 902. The lowest BCUT2D eigenvalue weighted by Gasteiger charge is -2.15. The molecule has 0 radical (unpaired) electrons. The second-order valence-corrected chi connectivity index (χ2v) is 6.48. The first-order valence-corrected chi connectivity index (χ1v) is 8.50. The molecule has 1 unspecified atom stereocenters. The summed E-state index contributed by atoms with van der Waals surface area (Å²) < 4.78 is 5.53. The van der Waals surface area contributed by atoms with Crippen molar-refractivity contribution in [1.29, 1.82) is 0 Å². The summed E-state index contributed by atoms with van der Waals surface area (Å²) in [6.45, 7) is 1.82. The molecule has 0 fully saturated rings. The molecule has 2 aromatic heterocycles. The fourth-order valence-corrected chi connectivity index (χ4v) is 3.77. The Morgan fingerprint density at radius 3 is 2.96 bits per heavy atom. The molecule has 0 saturated carbocycles. The predicted molar refractivity (Wildman–Crippen MR) is 89.5 cm³/mol. The minimum absolute atomic E-state index is 0.234. The van der Waals surface area contributed by atoms with E-state index in [-0.39, 0.29) is 5.92 Å². The van der Waals surface area contributed by atoms with E-state index in [1.165, 1.54) is 16.7 Å². The Morgan fingerprint density at radius 1 is 1.00 bits per heavy atom. The number of hydrogen-bond donors (Lipinski definition) is 1. The van der Waals surface area contributed by atoms with Gasteiger partial charge < -0.3 is 9.84 Å². The van der Waals surface area contributed by atoms with Crippen LogP contribution in [-0.4, -0.2) is 21.7 Å². The molecule has 5 nitrogen and oxygen atoms in total. The number of rotatable bonds is 2. The average molecular weight is 318 g/mol. The molecule has 1 aromatic carbocycles. The number of benzene rings is 1. The van der Waals surface area contributed by atoms with Crippen LogP contribution < -0.4 is 5.32 Å². The smallest absolute Gasteiger partial charge is 0.276 e. The van der Waals surface area contributed by atoms with Crippen molar-refractivity contribution in [1.82, 2.24) is 20.4 Å². The van der Waals surface area contributed by atoms with Crippen LogP contribution in [-0.2, 0) is 19.4 Å². The summed E-state index contributed by atoms with van der Waals surface area (Å²) in [7, 11) is 0. The Balaban J connectivity index is 1.48. The number of aryl methyl sites for hydroxylation is 1. The summed E-state index contributed by atoms with van der Waals surface area (Å²) in [6, 6.07) is 12.7. The van der Waals surface area contributed by atoms with Gasteiger partial charge in [-0.2, -0.15) is 4.98 Å². The molecule has 0 bridgehead atoms. The van der Waals surface area contributed by atoms with Crippen molar-refractivity contribution in [2.75, 3.05) is 6.54 Å². The molecule has 2 aliphatic rings. The number of nitrogens with zero attached hydrogens (tertiary/aromatic N) is 3. The second-order valence-electron chi connectivity index (χ2n) is 6.48. The van der Waals surface area contributed by atoms with E-state index in [4.69, 9.17) is 9.51 Å². The van der Waals surface area contributed by atoms with Crippen LogP contribution in [0.2, 0.25) is 0 Å². The van der Waals surface area contributed by atoms with Gasteiger partial charge in [-0.25, -0.2) is 4.98 Å². The fraction of sp³-hybridized carbons (Fsp3) is 0.316. The molecule has 0 spiro atoms. The van der Waals surface area contributed by atoms with Crippen LogP contribution in [0.3, 0.4) is 0 Å². The minimum Gasteiger partial charge on any atom is -0.332 e. The van der Waals surface area contributed by atoms with Crippen molar-refractivity contribution in [2.45, 2.75) is 31.7 Å². The van der Waals surface area contributed by atoms with E-state index in [1.807, 2.05) is 6.07 Å². The second kappa shape index (κ2) is 5.53. The van der Waals surface area contributed by atoms with Crippen LogP contribution in [0, 0.1) is 0 Å². The maximum Gasteiger partial charge on any atom is 0.276 e. The van der Waals surface area contributed by atoms with Crippen LogP contribution >= 0.6 is 0 Å². The summed E-state index contributed by atoms with van der Waals surface area (Å²) in [4.78, 5) is 9.36. The van der Waals surface area contributed by atoms with E-state index >= 15 is 0 Å². The van der Waals surface area contributed by atoms with Gasteiger partial charge in [-0.05, 0) is 48.6 Å². The standard InChI is InChI=1S/C19H18N4O/c1-2-4-14-12(3-1)5-7-15(14)18-22-19(24-23-18)16-8-6-13-9-10-20-11-17(13)21-16/h1-4,6,8,15,20H,5,7,9-11H2. The third kappa shape index (κ3) is 2.24. The van der Waals surface area contributed by atoms with Gasteiger partial charge in [0, 0.05) is 12.5 Å². The van der Waals surface area contributed by atoms with E-state index in [9.17, 15) is 0 Å². The number of pyridine rings is 1. The van der Waals surface area contributed by atoms with Gasteiger partial charge in [0.15, 0.2) is 5.82 Å². The van der Waals surface area contributed by atoms with Gasteiger partial charge >= 0.3 is 0 Å². The average Bonchev–Trinajstić information content (AvgIpc) is 3.28. The Morgan fingerprint density at radius 2 is 1.96 bits per heavy atom. The van der Waals surface area contributed by atoms with Gasteiger partial charge in [-0.3, -0.25) is 0 Å². The zero-order valence-corrected chi connectivity index (χ0v) is 13.3. The van der Waals surface area contributed by atoms with E-state index in [2.05, 4.69) is 45.8 Å². The molecular weight excluding hydrogens is 300 g/mol. The minimum atomic E-state index is 0.234. The third-order valence-corrected chi connectivity index (χ3v) is 5.04. The normalized spacial score (nSPS) is 19.1. The summed E-state index contributed by atoms with van der Waals surface area (Å²) in [5.74, 6) is 1.52. The monoisotopic (exact) mass is 318 g/mol. The van der Waals surface area contributed by atoms with Crippen LogP contribution in [0.15, 0.2) is 40.9 Å². The largest absolute Gasteiger partial charge is 0.332 e. The van der Waals surface area contributed by atoms with E-state index in [0.29, 0.717) is 5.89 Å². The van der Waals surface area contributed by atoms with Crippen LogP contribution in [0.25, 0.3) is 11.6 Å². The van der Waals surface area contributed by atoms with Gasteiger partial charge in [0.25, 0.3) is 5.89 Å². The molecule has 5 heteroatoms. The van der Waals surface area contributed by atoms with E-state index in [1.54, 1.807) is 0 Å². The first kappa shape index (κ1) is 13.9. The van der Waals surface area contributed by atoms with Crippen molar-refractivity contribution in [2.24, 2.45) is 0 Å². The third-order valence-electron chi connectivity index (χ3n) is 5.04. The van der Waals surface area contributed by atoms with Gasteiger partial charge in [-0.1, -0.05) is 35.5 Å². The highest BCUT2D eigenvalue weighted by Crippen LogP contribution is 2.37. The Kier molecular flexibility index (Phi) is 3.19. The van der Waals surface area contributed by atoms with Crippen molar-refractivity contribution in [3.63, 3.8) is 0 Å². The van der Waals surface area contributed by atoms with E-state index < -0.39 is 0 Å². The molecule has 1 aliphatic carbocycles. The molecule has 1 atom stereocenters. The molecule has 0 saturated heterocycles. The quantitative estimate of drug-likeness (QED) is 0.787. The van der Waals surface area contributed by atoms with Gasteiger partial charge in [0.1, 0.15) is 5.69 Å². The maximum atomic E-state index is 5.53. The summed E-state index contributed by atoms with van der Waals surface area (Å²) >= 11 is 0. The van der Waals surface area contributed by atoms with Crippen molar-refractivity contribution < 1.29 is 4.52 Å².